The molecule has 0 spiro atoms. The highest BCUT2D eigenvalue weighted by molar-refractivity contribution is 9.10. The van der Waals surface area contributed by atoms with Crippen molar-refractivity contribution in [2.45, 2.75) is 50.0 Å². The minimum atomic E-state index is -3.01. The number of halogens is 2. The molecule has 41 heavy (non-hydrogen) atoms. The number of sulfone groups is 1. The molecule has 1 saturated heterocycles. The first-order valence-electron chi connectivity index (χ1n) is 13.9. The molecule has 8 nitrogen and oxygen atoms in total. The van der Waals surface area contributed by atoms with Crippen molar-refractivity contribution in [3.8, 4) is 28.8 Å². The summed E-state index contributed by atoms with van der Waals surface area (Å²) in [6, 6.07) is 14.0. The molecule has 1 aromatic heterocycles. The second-order valence-corrected chi connectivity index (χ2v) is 14.4. The summed E-state index contributed by atoms with van der Waals surface area (Å²) in [5.41, 5.74) is 2.18. The lowest BCUT2D eigenvalue weighted by atomic mass is 9.76. The third-order valence-corrected chi connectivity index (χ3v) is 10.7. The molecular weight excluding hydrogens is 611 g/mol. The van der Waals surface area contributed by atoms with E-state index < -0.39 is 15.4 Å². The van der Waals surface area contributed by atoms with Crippen molar-refractivity contribution in [1.82, 2.24) is 10.3 Å². The van der Waals surface area contributed by atoms with Gasteiger partial charge in [-0.3, -0.25) is 4.79 Å². The van der Waals surface area contributed by atoms with Gasteiger partial charge in [-0.2, -0.15) is 5.26 Å². The number of aromatic nitrogens is 1. The van der Waals surface area contributed by atoms with E-state index in [2.05, 4.69) is 27.3 Å². The van der Waals surface area contributed by atoms with Gasteiger partial charge in [0.2, 0.25) is 11.8 Å². The maximum absolute atomic E-state index is 13.7. The lowest BCUT2D eigenvalue weighted by Crippen LogP contribution is -2.42. The Kier molecular flexibility index (Phi) is 7.41. The van der Waals surface area contributed by atoms with Gasteiger partial charge in [0, 0.05) is 40.5 Å². The predicted molar refractivity (Wildman–Crippen MR) is 156 cm³/mol. The summed E-state index contributed by atoms with van der Waals surface area (Å²) in [5.74, 6) is 0.104. The van der Waals surface area contributed by atoms with E-state index >= 15 is 0 Å². The third-order valence-electron chi connectivity index (χ3n) is 8.42. The number of hydrogen-bond acceptors (Lipinski definition) is 7. The highest BCUT2D eigenvalue weighted by Crippen LogP contribution is 2.45. The Morgan fingerprint density at radius 3 is 2.44 bits per heavy atom. The number of nitrogens with one attached hydrogen (secondary N) is 1. The van der Waals surface area contributed by atoms with E-state index in [4.69, 9.17) is 9.40 Å². The Morgan fingerprint density at radius 1 is 1.10 bits per heavy atom. The van der Waals surface area contributed by atoms with Crippen LogP contribution in [0.15, 0.2) is 51.4 Å². The molecule has 2 saturated carbocycles. The van der Waals surface area contributed by atoms with Crippen LogP contribution in [0.1, 0.15) is 50.2 Å². The molecule has 2 aromatic carbocycles. The molecule has 6 rings (SSSR count). The highest BCUT2D eigenvalue weighted by atomic mass is 79.9. The van der Waals surface area contributed by atoms with E-state index in [0.717, 1.165) is 35.0 Å². The fraction of sp³-hybridized carbons (Fsp3) is 0.433. The number of carbonyl (C=O) groups excluding carboxylic acids is 1. The van der Waals surface area contributed by atoms with E-state index in [1.165, 1.54) is 12.1 Å². The molecule has 1 aliphatic heterocycles. The van der Waals surface area contributed by atoms with E-state index in [-0.39, 0.29) is 35.1 Å². The highest BCUT2D eigenvalue weighted by Gasteiger charge is 2.47. The summed E-state index contributed by atoms with van der Waals surface area (Å²) in [7, 11) is -3.01. The summed E-state index contributed by atoms with van der Waals surface area (Å²) < 4.78 is 44.7. The Bertz CT molecular complexity index is 1610. The van der Waals surface area contributed by atoms with E-state index in [1.54, 1.807) is 12.1 Å². The number of hydrogen-bond donors (Lipinski definition) is 1. The first-order chi connectivity index (χ1) is 19.7. The third kappa shape index (κ3) is 5.77. The molecule has 3 fully saturated rings. The zero-order valence-electron chi connectivity index (χ0n) is 22.4. The second kappa shape index (κ2) is 10.9. The molecular formula is C30H30BrFN4O4S. The quantitative estimate of drug-likeness (QED) is 0.373. The summed E-state index contributed by atoms with van der Waals surface area (Å²) in [5, 5.41) is 12.5. The second-order valence-electron chi connectivity index (χ2n) is 11.2. The first-order valence-corrected chi connectivity index (χ1v) is 16.5. The summed E-state index contributed by atoms with van der Waals surface area (Å²) in [4.78, 5) is 20.4. The number of benzene rings is 2. The molecule has 214 valence electrons. The Balaban J connectivity index is 1.37. The maximum atomic E-state index is 13.7. The van der Waals surface area contributed by atoms with Crippen LogP contribution < -0.4 is 10.2 Å². The zero-order chi connectivity index (χ0) is 28.8. The fourth-order valence-electron chi connectivity index (χ4n) is 5.85. The van der Waals surface area contributed by atoms with Crippen LogP contribution in [0.3, 0.4) is 0 Å². The van der Waals surface area contributed by atoms with Gasteiger partial charge in [0.15, 0.2) is 9.84 Å². The smallest absolute Gasteiger partial charge is 0.226 e. The van der Waals surface area contributed by atoms with Gasteiger partial charge in [0.05, 0.1) is 23.3 Å². The van der Waals surface area contributed by atoms with Crippen LogP contribution in [0.4, 0.5) is 10.1 Å². The minimum Gasteiger partial charge on any atom is -0.440 e. The molecule has 11 heteroatoms. The Hall–Kier alpha value is -3.23. The standard InChI is InChI=1S/C30H30BrFN4O4S/c31-24-17-20(7-10-25(24)36-13-15-41(38,39)16-14-36)26-27(40-29(34-26)19-5-8-21(32)9-6-19)22-3-1-2-4-23(22)28(37)35-30(18-33)11-12-30/h5-10,17,22-23H,1-4,11-16H2,(H,35,37)/t22-,23-/m1/s1. The topological polar surface area (TPSA) is 116 Å². The molecule has 0 bridgehead atoms. The van der Waals surface area contributed by atoms with Crippen LogP contribution in [0.25, 0.3) is 22.7 Å². The van der Waals surface area contributed by atoms with Gasteiger partial charge >= 0.3 is 0 Å². The van der Waals surface area contributed by atoms with Crippen molar-refractivity contribution in [3.63, 3.8) is 0 Å². The van der Waals surface area contributed by atoms with Gasteiger partial charge in [-0.05, 0) is 78.0 Å². The molecule has 3 aromatic rings. The number of carbonyl (C=O) groups is 1. The van der Waals surface area contributed by atoms with Crippen molar-refractivity contribution in [3.05, 3.63) is 58.5 Å². The van der Waals surface area contributed by atoms with E-state index in [9.17, 15) is 22.9 Å². The van der Waals surface area contributed by atoms with Gasteiger partial charge in [-0.25, -0.2) is 17.8 Å². The van der Waals surface area contributed by atoms with Crippen molar-refractivity contribution in [2.24, 2.45) is 5.92 Å². The molecule has 2 heterocycles. The van der Waals surface area contributed by atoms with Crippen LogP contribution in [-0.4, -0.2) is 49.4 Å². The van der Waals surface area contributed by atoms with E-state index in [0.29, 0.717) is 55.3 Å². The average Bonchev–Trinajstić information content (AvgIpc) is 3.60. The van der Waals surface area contributed by atoms with Gasteiger partial charge in [-0.1, -0.05) is 18.9 Å². The number of oxazole rings is 1. The number of nitriles is 1. The van der Waals surface area contributed by atoms with Crippen molar-refractivity contribution in [1.29, 1.82) is 5.26 Å². The molecule has 1 N–H and O–H groups in total. The lowest BCUT2D eigenvalue weighted by Gasteiger charge is -2.31. The normalized spacial score (nSPS) is 23.0. The zero-order valence-corrected chi connectivity index (χ0v) is 24.8. The molecule has 2 atom stereocenters. The summed E-state index contributed by atoms with van der Waals surface area (Å²) in [6.45, 7) is 0.848. The molecule has 3 aliphatic rings. The largest absolute Gasteiger partial charge is 0.440 e. The van der Waals surface area contributed by atoms with Gasteiger partial charge < -0.3 is 14.6 Å². The number of amides is 1. The summed E-state index contributed by atoms with van der Waals surface area (Å²) >= 11 is 3.69. The number of nitrogens with zero attached hydrogens (tertiary/aromatic N) is 3. The van der Waals surface area contributed by atoms with Crippen LogP contribution in [0.2, 0.25) is 0 Å². The van der Waals surface area contributed by atoms with Crippen LogP contribution in [0.5, 0.6) is 0 Å². The van der Waals surface area contributed by atoms with Gasteiger partial charge in [0.1, 0.15) is 22.8 Å². The van der Waals surface area contributed by atoms with Crippen LogP contribution in [-0.2, 0) is 14.6 Å². The molecule has 0 radical (unpaired) electrons. The molecule has 1 amide bonds. The van der Waals surface area contributed by atoms with Gasteiger partial charge in [-0.15, -0.1) is 0 Å². The lowest BCUT2D eigenvalue weighted by molar-refractivity contribution is -0.127. The first kappa shape index (κ1) is 27.9. The molecule has 2 aliphatic carbocycles. The Morgan fingerprint density at radius 2 is 1.78 bits per heavy atom. The maximum Gasteiger partial charge on any atom is 0.226 e. The van der Waals surface area contributed by atoms with Crippen molar-refractivity contribution in [2.75, 3.05) is 29.5 Å². The van der Waals surface area contributed by atoms with Crippen LogP contribution >= 0.6 is 15.9 Å². The van der Waals surface area contributed by atoms with E-state index in [1.807, 2.05) is 23.1 Å². The SMILES string of the molecule is N#CC1(NC(=O)[C@@H]2CCCC[C@H]2c2oc(-c3ccc(F)cc3)nc2-c2ccc(N3CCS(=O)(=O)CC3)c(Br)c2)CC1. The van der Waals surface area contributed by atoms with Crippen molar-refractivity contribution < 1.29 is 22.0 Å². The van der Waals surface area contributed by atoms with Crippen LogP contribution in [0, 0.1) is 23.1 Å². The minimum absolute atomic E-state index is 0.119. The number of rotatable bonds is 6. The van der Waals surface area contributed by atoms with Crippen molar-refractivity contribution >= 4 is 37.4 Å². The summed E-state index contributed by atoms with van der Waals surface area (Å²) in [6.07, 6.45) is 4.60. The predicted octanol–water partition coefficient (Wildman–Crippen LogP) is 5.59. The molecule has 0 unspecified atom stereocenters. The Labute approximate surface area is 247 Å². The average molecular weight is 642 g/mol. The van der Waals surface area contributed by atoms with Gasteiger partial charge in [0.25, 0.3) is 0 Å². The fourth-order valence-corrected chi connectivity index (χ4v) is 7.68. The number of anilines is 1. The monoisotopic (exact) mass is 640 g/mol.